The SMILES string of the molecule is Cc1cc(N2CCNCC2)ccc1NO. The van der Waals surface area contributed by atoms with Crippen molar-refractivity contribution in [3.8, 4) is 0 Å². The zero-order chi connectivity index (χ0) is 10.7. The van der Waals surface area contributed by atoms with E-state index in [1.165, 1.54) is 5.69 Å². The van der Waals surface area contributed by atoms with E-state index in [9.17, 15) is 0 Å². The maximum atomic E-state index is 8.85. The monoisotopic (exact) mass is 207 g/mol. The molecular formula is C11H17N3O. The topological polar surface area (TPSA) is 47.5 Å². The third-order valence-electron chi connectivity index (χ3n) is 2.81. The Kier molecular flexibility index (Phi) is 3.08. The second-order valence-corrected chi connectivity index (χ2v) is 3.85. The molecule has 4 heteroatoms. The van der Waals surface area contributed by atoms with E-state index in [4.69, 9.17) is 5.21 Å². The first-order valence-electron chi connectivity index (χ1n) is 5.27. The number of hydrogen-bond acceptors (Lipinski definition) is 4. The lowest BCUT2D eigenvalue weighted by molar-refractivity contribution is 0.388. The average Bonchev–Trinajstić information content (AvgIpc) is 2.30. The van der Waals surface area contributed by atoms with Gasteiger partial charge in [-0.25, -0.2) is 0 Å². The lowest BCUT2D eigenvalue weighted by atomic mass is 10.1. The van der Waals surface area contributed by atoms with Crippen LogP contribution in [0.15, 0.2) is 18.2 Å². The normalized spacial score (nSPS) is 16.5. The van der Waals surface area contributed by atoms with Gasteiger partial charge in [-0.05, 0) is 30.7 Å². The van der Waals surface area contributed by atoms with Crippen LogP contribution in [0.2, 0.25) is 0 Å². The quantitative estimate of drug-likeness (QED) is 0.638. The number of benzene rings is 1. The summed E-state index contributed by atoms with van der Waals surface area (Å²) in [7, 11) is 0. The van der Waals surface area contributed by atoms with Gasteiger partial charge in [-0.1, -0.05) is 0 Å². The molecule has 2 rings (SSSR count). The van der Waals surface area contributed by atoms with Crippen LogP contribution in [-0.2, 0) is 0 Å². The van der Waals surface area contributed by atoms with E-state index < -0.39 is 0 Å². The Balaban J connectivity index is 2.17. The number of aryl methyl sites for hydroxylation is 1. The summed E-state index contributed by atoms with van der Waals surface area (Å²) in [5.41, 5.74) is 5.26. The molecule has 1 saturated heterocycles. The lowest BCUT2D eigenvalue weighted by Gasteiger charge is -2.29. The number of nitrogens with zero attached hydrogens (tertiary/aromatic N) is 1. The fourth-order valence-corrected chi connectivity index (χ4v) is 1.89. The molecule has 0 radical (unpaired) electrons. The van der Waals surface area contributed by atoms with Crippen LogP contribution in [0.4, 0.5) is 11.4 Å². The van der Waals surface area contributed by atoms with Crippen LogP contribution < -0.4 is 15.7 Å². The summed E-state index contributed by atoms with van der Waals surface area (Å²) >= 11 is 0. The highest BCUT2D eigenvalue weighted by molar-refractivity contribution is 5.59. The largest absolute Gasteiger partial charge is 0.369 e. The molecule has 0 unspecified atom stereocenters. The van der Waals surface area contributed by atoms with Gasteiger partial charge in [0.1, 0.15) is 0 Å². The molecule has 0 aromatic heterocycles. The molecule has 15 heavy (non-hydrogen) atoms. The van der Waals surface area contributed by atoms with Crippen molar-refractivity contribution in [2.24, 2.45) is 0 Å². The van der Waals surface area contributed by atoms with E-state index in [-0.39, 0.29) is 0 Å². The Morgan fingerprint density at radius 3 is 2.67 bits per heavy atom. The van der Waals surface area contributed by atoms with E-state index in [0.29, 0.717) is 0 Å². The van der Waals surface area contributed by atoms with Gasteiger partial charge in [0.25, 0.3) is 0 Å². The fourth-order valence-electron chi connectivity index (χ4n) is 1.89. The van der Waals surface area contributed by atoms with Gasteiger partial charge in [0.15, 0.2) is 0 Å². The Morgan fingerprint density at radius 1 is 1.33 bits per heavy atom. The minimum Gasteiger partial charge on any atom is -0.369 e. The van der Waals surface area contributed by atoms with Crippen LogP contribution >= 0.6 is 0 Å². The average molecular weight is 207 g/mol. The minimum absolute atomic E-state index is 0.772. The Bertz CT molecular complexity index is 335. The highest BCUT2D eigenvalue weighted by atomic mass is 16.5. The standard InChI is InChI=1S/C11H17N3O/c1-9-8-10(2-3-11(9)13-15)14-6-4-12-5-7-14/h2-3,8,12-13,15H,4-7H2,1H3. The van der Waals surface area contributed by atoms with Gasteiger partial charge < -0.3 is 10.2 Å². The third kappa shape index (κ3) is 2.22. The Labute approximate surface area is 89.9 Å². The van der Waals surface area contributed by atoms with Crippen LogP contribution in [0, 0.1) is 6.92 Å². The van der Waals surface area contributed by atoms with E-state index >= 15 is 0 Å². The van der Waals surface area contributed by atoms with Crippen LogP contribution in [0.3, 0.4) is 0 Å². The highest BCUT2D eigenvalue weighted by Crippen LogP contribution is 2.22. The second kappa shape index (κ2) is 4.51. The fraction of sp³-hybridized carbons (Fsp3) is 0.455. The second-order valence-electron chi connectivity index (χ2n) is 3.85. The summed E-state index contributed by atoms with van der Waals surface area (Å²) in [6.45, 7) is 6.17. The molecule has 1 aliphatic heterocycles. The first kappa shape index (κ1) is 10.3. The third-order valence-corrected chi connectivity index (χ3v) is 2.81. The van der Waals surface area contributed by atoms with E-state index in [0.717, 1.165) is 37.4 Å². The number of rotatable bonds is 2. The van der Waals surface area contributed by atoms with Crippen LogP contribution in [-0.4, -0.2) is 31.4 Å². The molecule has 0 aliphatic carbocycles. The van der Waals surface area contributed by atoms with Crippen molar-refractivity contribution in [2.45, 2.75) is 6.92 Å². The van der Waals surface area contributed by atoms with Crippen molar-refractivity contribution in [1.29, 1.82) is 0 Å². The molecule has 0 atom stereocenters. The highest BCUT2D eigenvalue weighted by Gasteiger charge is 2.10. The summed E-state index contributed by atoms with van der Waals surface area (Å²) in [6, 6.07) is 6.05. The molecule has 0 amide bonds. The van der Waals surface area contributed by atoms with Crippen molar-refractivity contribution in [2.75, 3.05) is 36.6 Å². The predicted octanol–water partition coefficient (Wildman–Crippen LogP) is 1.21. The van der Waals surface area contributed by atoms with Crippen molar-refractivity contribution in [3.05, 3.63) is 23.8 Å². The molecule has 82 valence electrons. The molecule has 0 saturated carbocycles. The van der Waals surface area contributed by atoms with Crippen molar-refractivity contribution in [1.82, 2.24) is 5.32 Å². The van der Waals surface area contributed by atoms with Crippen LogP contribution in [0.1, 0.15) is 5.56 Å². The lowest BCUT2D eigenvalue weighted by Crippen LogP contribution is -2.43. The van der Waals surface area contributed by atoms with Crippen molar-refractivity contribution < 1.29 is 5.21 Å². The van der Waals surface area contributed by atoms with Gasteiger partial charge in [0.05, 0.1) is 5.69 Å². The Morgan fingerprint density at radius 2 is 2.07 bits per heavy atom. The molecule has 1 aliphatic rings. The smallest absolute Gasteiger partial charge is 0.0632 e. The number of hydrogen-bond donors (Lipinski definition) is 3. The molecule has 4 nitrogen and oxygen atoms in total. The van der Waals surface area contributed by atoms with E-state index in [2.05, 4.69) is 21.8 Å². The van der Waals surface area contributed by atoms with Gasteiger partial charge in [-0.15, -0.1) is 0 Å². The summed E-state index contributed by atoms with van der Waals surface area (Å²) < 4.78 is 0. The molecule has 1 aromatic rings. The zero-order valence-electron chi connectivity index (χ0n) is 8.95. The summed E-state index contributed by atoms with van der Waals surface area (Å²) in [5, 5.41) is 12.2. The molecule has 0 spiro atoms. The predicted molar refractivity (Wildman–Crippen MR) is 61.7 cm³/mol. The van der Waals surface area contributed by atoms with Gasteiger partial charge in [-0.2, -0.15) is 0 Å². The van der Waals surface area contributed by atoms with Gasteiger partial charge in [0.2, 0.25) is 0 Å². The van der Waals surface area contributed by atoms with Crippen LogP contribution in [0.5, 0.6) is 0 Å². The molecular weight excluding hydrogens is 190 g/mol. The first-order valence-corrected chi connectivity index (χ1v) is 5.27. The van der Waals surface area contributed by atoms with Crippen molar-refractivity contribution >= 4 is 11.4 Å². The molecule has 1 heterocycles. The number of piperazine rings is 1. The number of nitrogens with one attached hydrogen (secondary N) is 2. The molecule has 1 fully saturated rings. The number of anilines is 2. The summed E-state index contributed by atoms with van der Waals surface area (Å²) in [4.78, 5) is 2.35. The maximum Gasteiger partial charge on any atom is 0.0632 e. The van der Waals surface area contributed by atoms with E-state index in [1.54, 1.807) is 0 Å². The Hall–Kier alpha value is -1.26. The molecule has 0 bridgehead atoms. The van der Waals surface area contributed by atoms with Gasteiger partial charge in [-0.3, -0.25) is 10.7 Å². The van der Waals surface area contributed by atoms with Gasteiger partial charge in [0, 0.05) is 31.9 Å². The van der Waals surface area contributed by atoms with Crippen molar-refractivity contribution in [3.63, 3.8) is 0 Å². The molecule has 3 N–H and O–H groups in total. The van der Waals surface area contributed by atoms with Gasteiger partial charge >= 0.3 is 0 Å². The maximum absolute atomic E-state index is 8.85. The zero-order valence-corrected chi connectivity index (χ0v) is 8.95. The first-order chi connectivity index (χ1) is 7.31. The van der Waals surface area contributed by atoms with E-state index in [1.807, 2.05) is 19.1 Å². The molecule has 1 aromatic carbocycles. The summed E-state index contributed by atoms with van der Waals surface area (Å²) in [5.74, 6) is 0. The van der Waals surface area contributed by atoms with Crippen LogP contribution in [0.25, 0.3) is 0 Å². The summed E-state index contributed by atoms with van der Waals surface area (Å²) in [6.07, 6.45) is 0. The minimum atomic E-state index is 0.772.